The van der Waals surface area contributed by atoms with Crippen LogP contribution in [0.25, 0.3) is 0 Å². The van der Waals surface area contributed by atoms with Crippen molar-refractivity contribution in [1.82, 2.24) is 4.98 Å². The van der Waals surface area contributed by atoms with E-state index in [1.807, 2.05) is 25.1 Å². The van der Waals surface area contributed by atoms with E-state index >= 15 is 0 Å². The van der Waals surface area contributed by atoms with Crippen LogP contribution in [0.1, 0.15) is 44.6 Å². The van der Waals surface area contributed by atoms with Crippen molar-refractivity contribution in [1.29, 1.82) is 0 Å². The van der Waals surface area contributed by atoms with Crippen molar-refractivity contribution in [3.8, 4) is 0 Å². The van der Waals surface area contributed by atoms with Gasteiger partial charge in [-0.15, -0.1) is 0 Å². The molecule has 0 aliphatic heterocycles. The molecule has 1 aromatic heterocycles. The number of para-hydroxylation sites is 1. The Morgan fingerprint density at radius 2 is 1.81 bits per heavy atom. The average Bonchev–Trinajstić information content (AvgIpc) is 2.94. The normalized spacial score (nSPS) is 10.3. The number of amides is 1. The molecule has 26 heavy (non-hydrogen) atoms. The maximum Gasteiger partial charge on any atom is 0.355 e. The number of aryl methyl sites for hydroxylation is 2. The smallest absolute Gasteiger partial charge is 0.355 e. The van der Waals surface area contributed by atoms with Crippen LogP contribution in [0.3, 0.4) is 0 Å². The van der Waals surface area contributed by atoms with E-state index in [9.17, 15) is 14.4 Å². The lowest BCUT2D eigenvalue weighted by atomic mass is 10.1. The van der Waals surface area contributed by atoms with Gasteiger partial charge in [-0.1, -0.05) is 25.1 Å². The maximum absolute atomic E-state index is 12.2. The first-order valence-electron chi connectivity index (χ1n) is 8.21. The summed E-state index contributed by atoms with van der Waals surface area (Å²) in [4.78, 5) is 38.9. The zero-order chi connectivity index (χ0) is 19.3. The van der Waals surface area contributed by atoms with Gasteiger partial charge in [0, 0.05) is 11.4 Å². The second-order valence-corrected chi connectivity index (χ2v) is 5.75. The Balaban J connectivity index is 2.03. The monoisotopic (exact) mass is 358 g/mol. The number of benzene rings is 1. The van der Waals surface area contributed by atoms with Gasteiger partial charge in [0.25, 0.3) is 5.91 Å². The molecule has 1 aromatic carbocycles. The van der Waals surface area contributed by atoms with Gasteiger partial charge in [0.15, 0.2) is 6.61 Å². The number of H-pyrrole nitrogens is 1. The molecule has 0 aliphatic carbocycles. The maximum atomic E-state index is 12.2. The number of hydrogen-bond acceptors (Lipinski definition) is 5. The third-order valence-corrected chi connectivity index (χ3v) is 4.04. The standard InChI is InChI=1S/C19H22N2O5/c1-5-13-8-6-7-9-14(13)21-15(22)10-26-19(24)17-11(2)16(12(3)20-17)18(23)25-4/h6-9,20H,5,10H2,1-4H3,(H,21,22). The minimum Gasteiger partial charge on any atom is -0.465 e. The van der Waals surface area contributed by atoms with Gasteiger partial charge in [-0.3, -0.25) is 4.79 Å². The van der Waals surface area contributed by atoms with Crippen LogP contribution >= 0.6 is 0 Å². The van der Waals surface area contributed by atoms with E-state index in [4.69, 9.17) is 9.47 Å². The van der Waals surface area contributed by atoms with Gasteiger partial charge in [-0.25, -0.2) is 9.59 Å². The Labute approximate surface area is 151 Å². The number of aromatic nitrogens is 1. The minimum atomic E-state index is -0.709. The van der Waals surface area contributed by atoms with Crippen molar-refractivity contribution in [2.24, 2.45) is 0 Å². The van der Waals surface area contributed by atoms with Crippen molar-refractivity contribution >= 4 is 23.5 Å². The molecule has 2 N–H and O–H groups in total. The zero-order valence-corrected chi connectivity index (χ0v) is 15.3. The number of carbonyl (C=O) groups is 3. The summed E-state index contributed by atoms with van der Waals surface area (Å²) in [5, 5.41) is 2.73. The fraction of sp³-hybridized carbons (Fsp3) is 0.316. The van der Waals surface area contributed by atoms with Crippen molar-refractivity contribution in [3.05, 3.63) is 52.3 Å². The Morgan fingerprint density at radius 3 is 2.46 bits per heavy atom. The molecule has 0 unspecified atom stereocenters. The van der Waals surface area contributed by atoms with E-state index in [-0.39, 0.29) is 5.69 Å². The summed E-state index contributed by atoms with van der Waals surface area (Å²) in [5.41, 5.74) is 3.03. The number of esters is 2. The summed E-state index contributed by atoms with van der Waals surface area (Å²) in [6, 6.07) is 7.42. The number of nitrogens with one attached hydrogen (secondary N) is 2. The van der Waals surface area contributed by atoms with E-state index < -0.39 is 24.5 Å². The first-order valence-corrected chi connectivity index (χ1v) is 8.21. The molecule has 0 fully saturated rings. The highest BCUT2D eigenvalue weighted by atomic mass is 16.5. The lowest BCUT2D eigenvalue weighted by Crippen LogP contribution is -2.22. The molecule has 0 aliphatic rings. The van der Waals surface area contributed by atoms with Crippen molar-refractivity contribution in [2.45, 2.75) is 27.2 Å². The third kappa shape index (κ3) is 4.11. The van der Waals surface area contributed by atoms with Crippen LogP contribution < -0.4 is 5.32 Å². The Morgan fingerprint density at radius 1 is 1.12 bits per heavy atom. The quantitative estimate of drug-likeness (QED) is 0.774. The molecule has 7 heteroatoms. The number of hydrogen-bond donors (Lipinski definition) is 2. The number of aromatic amines is 1. The molecule has 1 amide bonds. The van der Waals surface area contributed by atoms with Gasteiger partial charge < -0.3 is 19.8 Å². The zero-order valence-electron chi connectivity index (χ0n) is 15.3. The van der Waals surface area contributed by atoms with Gasteiger partial charge in [0.1, 0.15) is 5.69 Å². The van der Waals surface area contributed by atoms with Gasteiger partial charge in [-0.05, 0) is 37.5 Å². The average molecular weight is 358 g/mol. The second-order valence-electron chi connectivity index (χ2n) is 5.75. The molecule has 0 bridgehead atoms. The summed E-state index contributed by atoms with van der Waals surface area (Å²) in [6.07, 6.45) is 0.771. The Hall–Kier alpha value is -3.09. The van der Waals surface area contributed by atoms with Gasteiger partial charge in [0.2, 0.25) is 0 Å². The van der Waals surface area contributed by atoms with Gasteiger partial charge in [-0.2, -0.15) is 0 Å². The minimum absolute atomic E-state index is 0.129. The number of carbonyl (C=O) groups excluding carboxylic acids is 3. The molecule has 1 heterocycles. The van der Waals surface area contributed by atoms with Crippen LogP contribution in [0.5, 0.6) is 0 Å². The molecule has 0 spiro atoms. The van der Waals surface area contributed by atoms with Crippen molar-refractivity contribution < 1.29 is 23.9 Å². The Kier molecular flexibility index (Phi) is 6.16. The van der Waals surface area contributed by atoms with Crippen LogP contribution in [0.15, 0.2) is 24.3 Å². The summed E-state index contributed by atoms with van der Waals surface area (Å²) >= 11 is 0. The predicted octanol–water partition coefficient (Wildman–Crippen LogP) is 2.78. The third-order valence-electron chi connectivity index (χ3n) is 4.04. The number of rotatable bonds is 6. The van der Waals surface area contributed by atoms with Crippen LogP contribution in [-0.2, 0) is 20.7 Å². The highest BCUT2D eigenvalue weighted by Gasteiger charge is 2.23. The van der Waals surface area contributed by atoms with E-state index in [0.29, 0.717) is 22.5 Å². The van der Waals surface area contributed by atoms with E-state index in [1.165, 1.54) is 7.11 Å². The van der Waals surface area contributed by atoms with Gasteiger partial charge in [0.05, 0.1) is 12.7 Å². The lowest BCUT2D eigenvalue weighted by molar-refractivity contribution is -0.119. The molecule has 0 atom stereocenters. The summed E-state index contributed by atoms with van der Waals surface area (Å²) < 4.78 is 9.77. The molecule has 2 aromatic rings. The van der Waals surface area contributed by atoms with Crippen LogP contribution in [-0.4, -0.2) is 36.5 Å². The topological polar surface area (TPSA) is 97.5 Å². The molecule has 138 valence electrons. The number of ether oxygens (including phenoxy) is 2. The number of methoxy groups -OCH3 is 1. The SMILES string of the molecule is CCc1ccccc1NC(=O)COC(=O)c1[nH]c(C)c(C(=O)OC)c1C. The van der Waals surface area contributed by atoms with Crippen LogP contribution in [0.2, 0.25) is 0 Å². The number of anilines is 1. The summed E-state index contributed by atoms with van der Waals surface area (Å²) in [7, 11) is 1.27. The molecule has 0 saturated carbocycles. The highest BCUT2D eigenvalue weighted by molar-refractivity contribution is 5.99. The van der Waals surface area contributed by atoms with Crippen LogP contribution in [0.4, 0.5) is 5.69 Å². The fourth-order valence-corrected chi connectivity index (χ4v) is 2.70. The largest absolute Gasteiger partial charge is 0.465 e. The predicted molar refractivity (Wildman–Crippen MR) is 96.3 cm³/mol. The Bertz CT molecular complexity index is 838. The first kappa shape index (κ1) is 19.2. The fourth-order valence-electron chi connectivity index (χ4n) is 2.70. The second kappa shape index (κ2) is 8.33. The lowest BCUT2D eigenvalue weighted by Gasteiger charge is -2.10. The molecular weight excluding hydrogens is 336 g/mol. The van der Waals surface area contributed by atoms with E-state index in [1.54, 1.807) is 19.9 Å². The van der Waals surface area contributed by atoms with Crippen LogP contribution in [0, 0.1) is 13.8 Å². The molecule has 2 rings (SSSR count). The molecule has 0 saturated heterocycles. The van der Waals surface area contributed by atoms with E-state index in [0.717, 1.165) is 12.0 Å². The summed E-state index contributed by atoms with van der Waals surface area (Å²) in [5.74, 6) is -1.68. The van der Waals surface area contributed by atoms with E-state index in [2.05, 4.69) is 10.3 Å². The summed E-state index contributed by atoms with van der Waals surface area (Å²) in [6.45, 7) is 4.83. The van der Waals surface area contributed by atoms with Crippen molar-refractivity contribution in [3.63, 3.8) is 0 Å². The van der Waals surface area contributed by atoms with Crippen molar-refractivity contribution in [2.75, 3.05) is 19.0 Å². The first-order chi connectivity index (χ1) is 12.4. The molecular formula is C19H22N2O5. The molecule has 7 nitrogen and oxygen atoms in total. The molecule has 0 radical (unpaired) electrons. The van der Waals surface area contributed by atoms with Gasteiger partial charge >= 0.3 is 11.9 Å². The highest BCUT2D eigenvalue weighted by Crippen LogP contribution is 2.20.